The number of para-hydroxylation sites is 1. The average molecular weight is 314 g/mol. The van der Waals surface area contributed by atoms with Gasteiger partial charge in [0, 0.05) is 31.4 Å². The largest absolute Gasteiger partial charge is 0.372 e. The number of nitrogens with zero attached hydrogens (tertiary/aromatic N) is 3. The summed E-state index contributed by atoms with van der Waals surface area (Å²) < 4.78 is 5.66. The Labute approximate surface area is 135 Å². The van der Waals surface area contributed by atoms with Crippen LogP contribution in [0.4, 0.5) is 5.82 Å². The summed E-state index contributed by atoms with van der Waals surface area (Å²) in [5, 5.41) is 4.22. The number of fused-ring (bicyclic) bond motifs is 1. The van der Waals surface area contributed by atoms with Crippen LogP contribution in [-0.2, 0) is 9.53 Å². The van der Waals surface area contributed by atoms with Gasteiger partial charge in [-0.25, -0.2) is 9.97 Å². The molecule has 3 rings (SSSR count). The van der Waals surface area contributed by atoms with E-state index in [9.17, 15) is 4.79 Å². The van der Waals surface area contributed by atoms with Crippen molar-refractivity contribution in [1.82, 2.24) is 14.9 Å². The van der Waals surface area contributed by atoms with E-state index in [1.54, 1.807) is 0 Å². The molecular weight excluding hydrogens is 292 g/mol. The zero-order valence-electron chi connectivity index (χ0n) is 13.5. The first kappa shape index (κ1) is 15.7. The summed E-state index contributed by atoms with van der Waals surface area (Å²) in [7, 11) is 0. The lowest BCUT2D eigenvalue weighted by Crippen LogP contribution is -2.48. The van der Waals surface area contributed by atoms with Crippen LogP contribution in [0.15, 0.2) is 30.6 Å². The Morgan fingerprint density at radius 2 is 2.00 bits per heavy atom. The molecule has 23 heavy (non-hydrogen) atoms. The predicted molar refractivity (Wildman–Crippen MR) is 89.2 cm³/mol. The fourth-order valence-corrected chi connectivity index (χ4v) is 2.97. The quantitative estimate of drug-likeness (QED) is 0.936. The van der Waals surface area contributed by atoms with Gasteiger partial charge in [-0.15, -0.1) is 0 Å². The first-order valence-electron chi connectivity index (χ1n) is 8.00. The zero-order valence-corrected chi connectivity index (χ0v) is 13.5. The summed E-state index contributed by atoms with van der Waals surface area (Å²) in [5.41, 5.74) is 0.896. The molecule has 0 bridgehead atoms. The molecule has 122 valence electrons. The maximum atomic E-state index is 12.3. The number of nitrogens with one attached hydrogen (secondary N) is 1. The van der Waals surface area contributed by atoms with Crippen molar-refractivity contribution in [2.45, 2.75) is 32.5 Å². The summed E-state index contributed by atoms with van der Waals surface area (Å²) >= 11 is 0. The Bertz CT molecular complexity index is 676. The molecular formula is C17H22N4O2. The van der Waals surface area contributed by atoms with Crippen LogP contribution in [0.3, 0.4) is 0 Å². The van der Waals surface area contributed by atoms with E-state index in [0.717, 1.165) is 16.7 Å². The van der Waals surface area contributed by atoms with Gasteiger partial charge in [-0.1, -0.05) is 12.1 Å². The SMILES string of the molecule is CC1CN(C(=O)CCNc2ncnc3ccccc23)CC(C)O1. The molecule has 1 aliphatic heterocycles. The van der Waals surface area contributed by atoms with Gasteiger partial charge in [0.15, 0.2) is 0 Å². The predicted octanol–water partition coefficient (Wildman–Crippen LogP) is 2.07. The fraction of sp³-hybridized carbons (Fsp3) is 0.471. The van der Waals surface area contributed by atoms with Gasteiger partial charge in [0.25, 0.3) is 0 Å². The van der Waals surface area contributed by atoms with Crippen molar-refractivity contribution >= 4 is 22.6 Å². The van der Waals surface area contributed by atoms with E-state index in [2.05, 4.69) is 15.3 Å². The number of hydrogen-bond acceptors (Lipinski definition) is 5. The van der Waals surface area contributed by atoms with Gasteiger partial charge >= 0.3 is 0 Å². The van der Waals surface area contributed by atoms with Gasteiger partial charge in [-0.05, 0) is 26.0 Å². The normalized spacial score (nSPS) is 21.4. The molecule has 2 heterocycles. The summed E-state index contributed by atoms with van der Waals surface area (Å²) in [4.78, 5) is 22.7. The van der Waals surface area contributed by atoms with Crippen molar-refractivity contribution in [3.8, 4) is 0 Å². The number of benzene rings is 1. The highest BCUT2D eigenvalue weighted by molar-refractivity contribution is 5.88. The van der Waals surface area contributed by atoms with Crippen molar-refractivity contribution in [3.63, 3.8) is 0 Å². The van der Waals surface area contributed by atoms with Crippen LogP contribution in [0.5, 0.6) is 0 Å². The molecule has 1 N–H and O–H groups in total. The van der Waals surface area contributed by atoms with E-state index in [-0.39, 0.29) is 18.1 Å². The van der Waals surface area contributed by atoms with Gasteiger partial charge in [-0.2, -0.15) is 0 Å². The van der Waals surface area contributed by atoms with E-state index >= 15 is 0 Å². The monoisotopic (exact) mass is 314 g/mol. The molecule has 6 heteroatoms. The molecule has 0 saturated carbocycles. The van der Waals surface area contributed by atoms with E-state index in [1.807, 2.05) is 43.0 Å². The van der Waals surface area contributed by atoms with Crippen molar-refractivity contribution in [2.24, 2.45) is 0 Å². The van der Waals surface area contributed by atoms with Crippen molar-refractivity contribution in [2.75, 3.05) is 25.0 Å². The molecule has 0 radical (unpaired) electrons. The lowest BCUT2D eigenvalue weighted by Gasteiger charge is -2.35. The van der Waals surface area contributed by atoms with Crippen LogP contribution in [0.25, 0.3) is 10.9 Å². The zero-order chi connectivity index (χ0) is 16.2. The number of anilines is 1. The van der Waals surface area contributed by atoms with Gasteiger partial charge in [-0.3, -0.25) is 4.79 Å². The van der Waals surface area contributed by atoms with Crippen molar-refractivity contribution in [3.05, 3.63) is 30.6 Å². The van der Waals surface area contributed by atoms with E-state index in [1.165, 1.54) is 6.33 Å². The number of carbonyl (C=O) groups is 1. The maximum absolute atomic E-state index is 12.3. The Balaban J connectivity index is 1.57. The third-order valence-corrected chi connectivity index (χ3v) is 3.95. The average Bonchev–Trinajstić information content (AvgIpc) is 2.54. The Hall–Kier alpha value is -2.21. The van der Waals surface area contributed by atoms with Crippen LogP contribution in [0.2, 0.25) is 0 Å². The van der Waals surface area contributed by atoms with Crippen molar-refractivity contribution < 1.29 is 9.53 Å². The standard InChI is InChI=1S/C17H22N4O2/c1-12-9-21(10-13(2)23-12)16(22)7-8-18-17-14-5-3-4-6-15(14)19-11-20-17/h3-6,11-13H,7-10H2,1-2H3,(H,18,19,20). The number of amides is 1. The van der Waals surface area contributed by atoms with Crippen molar-refractivity contribution in [1.29, 1.82) is 0 Å². The van der Waals surface area contributed by atoms with Crippen LogP contribution >= 0.6 is 0 Å². The minimum absolute atomic E-state index is 0.0986. The van der Waals surface area contributed by atoms with Gasteiger partial charge in [0.05, 0.1) is 17.7 Å². The van der Waals surface area contributed by atoms with Crippen LogP contribution in [0.1, 0.15) is 20.3 Å². The highest BCUT2D eigenvalue weighted by Gasteiger charge is 2.25. The molecule has 1 aromatic carbocycles. The maximum Gasteiger partial charge on any atom is 0.224 e. The van der Waals surface area contributed by atoms with Gasteiger partial charge in [0.2, 0.25) is 5.91 Å². The second-order valence-electron chi connectivity index (χ2n) is 5.97. The molecule has 0 aliphatic carbocycles. The highest BCUT2D eigenvalue weighted by atomic mass is 16.5. The molecule has 1 saturated heterocycles. The van der Waals surface area contributed by atoms with E-state index in [4.69, 9.17) is 4.74 Å². The van der Waals surface area contributed by atoms with E-state index < -0.39 is 0 Å². The summed E-state index contributed by atoms with van der Waals surface area (Å²) in [6.45, 7) is 5.89. The number of rotatable bonds is 4. The molecule has 6 nitrogen and oxygen atoms in total. The van der Waals surface area contributed by atoms with Gasteiger partial charge < -0.3 is 15.0 Å². The minimum atomic E-state index is 0.0986. The Kier molecular flexibility index (Phi) is 4.71. The summed E-state index contributed by atoms with van der Waals surface area (Å²) in [5.74, 6) is 0.921. The molecule has 1 aromatic heterocycles. The van der Waals surface area contributed by atoms with Gasteiger partial charge in [0.1, 0.15) is 12.1 Å². The third-order valence-electron chi connectivity index (χ3n) is 3.95. The molecule has 2 unspecified atom stereocenters. The molecule has 1 aliphatic rings. The molecule has 1 fully saturated rings. The topological polar surface area (TPSA) is 67.4 Å². The molecule has 2 aromatic rings. The lowest BCUT2D eigenvalue weighted by atomic mass is 10.2. The number of hydrogen-bond donors (Lipinski definition) is 1. The first-order chi connectivity index (χ1) is 11.1. The van der Waals surface area contributed by atoms with Crippen LogP contribution in [0, 0.1) is 0 Å². The summed E-state index contributed by atoms with van der Waals surface area (Å²) in [6, 6.07) is 7.83. The molecule has 0 spiro atoms. The first-order valence-corrected chi connectivity index (χ1v) is 8.00. The van der Waals surface area contributed by atoms with Crippen LogP contribution in [-0.4, -0.2) is 52.6 Å². The Morgan fingerprint density at radius 3 is 2.78 bits per heavy atom. The minimum Gasteiger partial charge on any atom is -0.372 e. The number of aromatic nitrogens is 2. The lowest BCUT2D eigenvalue weighted by molar-refractivity contribution is -0.142. The second-order valence-corrected chi connectivity index (χ2v) is 5.97. The number of carbonyl (C=O) groups excluding carboxylic acids is 1. The third kappa shape index (κ3) is 3.76. The second kappa shape index (κ2) is 6.91. The summed E-state index contributed by atoms with van der Waals surface area (Å²) in [6.07, 6.45) is 2.18. The Morgan fingerprint density at radius 1 is 1.26 bits per heavy atom. The number of ether oxygens (including phenoxy) is 1. The highest BCUT2D eigenvalue weighted by Crippen LogP contribution is 2.18. The van der Waals surface area contributed by atoms with Crippen LogP contribution < -0.4 is 5.32 Å². The smallest absolute Gasteiger partial charge is 0.224 e. The van der Waals surface area contributed by atoms with E-state index in [0.29, 0.717) is 26.1 Å². The molecule has 1 amide bonds. The molecule has 2 atom stereocenters. The number of morpholine rings is 1. The fourth-order valence-electron chi connectivity index (χ4n) is 2.97.